The van der Waals surface area contributed by atoms with E-state index >= 15 is 0 Å². The summed E-state index contributed by atoms with van der Waals surface area (Å²) in [6, 6.07) is 14.1. The zero-order chi connectivity index (χ0) is 26.0. The maximum absolute atomic E-state index is 14.2. The molecule has 0 saturated carbocycles. The van der Waals surface area contributed by atoms with Gasteiger partial charge in [0.1, 0.15) is 11.6 Å². The number of carbonyl (C=O) groups is 2. The highest BCUT2D eigenvalue weighted by atomic mass is 35.5. The predicted octanol–water partition coefficient (Wildman–Crippen LogP) is 7.75. The first-order chi connectivity index (χ1) is 16.4. The zero-order valence-corrected chi connectivity index (χ0v) is 22.7. The number of rotatable bonds is 7. The molecule has 0 aromatic heterocycles. The Morgan fingerprint density at radius 1 is 1.17 bits per heavy atom. The Labute approximate surface area is 219 Å². The summed E-state index contributed by atoms with van der Waals surface area (Å²) in [6.07, 6.45) is 3.30. The molecule has 0 radical (unpaired) electrons. The van der Waals surface area contributed by atoms with E-state index in [-0.39, 0.29) is 11.8 Å². The van der Waals surface area contributed by atoms with E-state index < -0.39 is 29.1 Å². The van der Waals surface area contributed by atoms with E-state index in [0.29, 0.717) is 29.3 Å². The highest BCUT2D eigenvalue weighted by molar-refractivity contribution is 6.30. The molecule has 0 aliphatic carbocycles. The summed E-state index contributed by atoms with van der Waals surface area (Å²) in [5.74, 6) is -0.581. The van der Waals surface area contributed by atoms with Crippen LogP contribution in [0.3, 0.4) is 0 Å². The van der Waals surface area contributed by atoms with Crippen LogP contribution in [0, 0.1) is 5.41 Å². The van der Waals surface area contributed by atoms with Gasteiger partial charge in [0.05, 0.1) is 11.5 Å². The molecule has 1 fully saturated rings. The second kappa shape index (κ2) is 10.8. The monoisotopic (exact) mass is 515 g/mol. The van der Waals surface area contributed by atoms with Crippen molar-refractivity contribution in [2.24, 2.45) is 5.41 Å². The molecule has 188 valence electrons. The molecule has 0 spiro atoms. The number of allylic oxidation sites excluding steroid dienone is 1. The van der Waals surface area contributed by atoms with Crippen LogP contribution in [0.15, 0.2) is 61.2 Å². The van der Waals surface area contributed by atoms with Crippen LogP contribution in [0.4, 0.5) is 0 Å². The minimum absolute atomic E-state index is 0.0756. The van der Waals surface area contributed by atoms with Crippen LogP contribution in [0.1, 0.15) is 77.0 Å². The molecule has 2 aromatic rings. The number of carbonyl (C=O) groups excluding carboxylic acids is 2. The van der Waals surface area contributed by atoms with Gasteiger partial charge >= 0.3 is 5.97 Å². The van der Waals surface area contributed by atoms with Gasteiger partial charge in [0.2, 0.25) is 5.91 Å². The molecule has 2 aromatic carbocycles. The Balaban J connectivity index is 2.24. The Kier molecular flexibility index (Phi) is 8.39. The number of nitrogens with zero attached hydrogens (tertiary/aromatic N) is 1. The van der Waals surface area contributed by atoms with Gasteiger partial charge in [-0.3, -0.25) is 4.79 Å². The number of hydrogen-bond donors (Lipinski definition) is 0. The normalized spacial score (nSPS) is 23.6. The summed E-state index contributed by atoms with van der Waals surface area (Å²) in [6.45, 7) is 13.3. The summed E-state index contributed by atoms with van der Waals surface area (Å²) < 4.78 is 5.79. The van der Waals surface area contributed by atoms with Gasteiger partial charge in [-0.05, 0) is 75.4 Å². The average molecular weight is 517 g/mol. The van der Waals surface area contributed by atoms with Crippen molar-refractivity contribution < 1.29 is 14.3 Å². The molecule has 3 rings (SSSR count). The smallest absolute Gasteiger partial charge is 0.329 e. The van der Waals surface area contributed by atoms with Crippen molar-refractivity contribution in [1.82, 2.24) is 4.90 Å². The second-order valence-electron chi connectivity index (χ2n) is 10.6. The van der Waals surface area contributed by atoms with E-state index in [1.165, 1.54) is 0 Å². The van der Waals surface area contributed by atoms with Crippen LogP contribution in [0.5, 0.6) is 0 Å². The third-order valence-corrected chi connectivity index (χ3v) is 7.07. The fourth-order valence-electron chi connectivity index (χ4n) is 5.08. The zero-order valence-electron chi connectivity index (χ0n) is 21.2. The lowest BCUT2D eigenvalue weighted by atomic mass is 9.67. The van der Waals surface area contributed by atoms with Crippen molar-refractivity contribution in [1.29, 1.82) is 0 Å². The molecule has 1 aliphatic heterocycles. The quantitative estimate of drug-likeness (QED) is 0.279. The Morgan fingerprint density at radius 3 is 2.37 bits per heavy atom. The van der Waals surface area contributed by atoms with Crippen LogP contribution in [0.2, 0.25) is 10.0 Å². The van der Waals surface area contributed by atoms with Crippen LogP contribution < -0.4 is 0 Å². The number of likely N-dealkylation sites (tertiary alicyclic amines) is 1. The molecule has 1 amide bonds. The number of hydrogen-bond acceptors (Lipinski definition) is 3. The van der Waals surface area contributed by atoms with Crippen LogP contribution in [0.25, 0.3) is 0 Å². The molecule has 6 heteroatoms. The SMILES string of the molecule is C=CC[C@@]1(C)C[C@H](c2cccc(Cl)c2)[C@@H](c2ccc(Cl)cc2)N(C(CC)C(=O)OC(C)(C)C)C1=O. The minimum atomic E-state index is -0.742. The molecular formula is C29H35Cl2NO3. The largest absolute Gasteiger partial charge is 0.458 e. The number of halogens is 2. The fraction of sp³-hybridized carbons (Fsp3) is 0.448. The van der Waals surface area contributed by atoms with E-state index in [4.69, 9.17) is 27.9 Å². The third kappa shape index (κ3) is 6.10. The molecule has 1 aliphatic rings. The first-order valence-corrected chi connectivity index (χ1v) is 12.8. The van der Waals surface area contributed by atoms with Gasteiger partial charge in [0.25, 0.3) is 0 Å². The lowest BCUT2D eigenvalue weighted by Gasteiger charge is -2.51. The number of esters is 1. The van der Waals surface area contributed by atoms with E-state index in [2.05, 4.69) is 6.58 Å². The van der Waals surface area contributed by atoms with Crippen molar-refractivity contribution in [2.75, 3.05) is 0 Å². The molecule has 0 bridgehead atoms. The Hall–Kier alpha value is -2.30. The van der Waals surface area contributed by atoms with E-state index in [1.807, 2.05) is 83.1 Å². The molecule has 4 atom stereocenters. The first kappa shape index (κ1) is 27.3. The van der Waals surface area contributed by atoms with Crippen LogP contribution >= 0.6 is 23.2 Å². The first-order valence-electron chi connectivity index (χ1n) is 12.1. The molecule has 4 nitrogen and oxygen atoms in total. The summed E-state index contributed by atoms with van der Waals surface area (Å²) >= 11 is 12.6. The molecule has 1 heterocycles. The van der Waals surface area contributed by atoms with Gasteiger partial charge in [-0.2, -0.15) is 0 Å². The van der Waals surface area contributed by atoms with Crippen LogP contribution in [-0.4, -0.2) is 28.4 Å². The minimum Gasteiger partial charge on any atom is -0.458 e. The Bertz CT molecular complexity index is 1080. The molecule has 0 N–H and O–H groups in total. The van der Waals surface area contributed by atoms with E-state index in [0.717, 1.165) is 11.1 Å². The van der Waals surface area contributed by atoms with Crippen molar-refractivity contribution in [3.05, 3.63) is 82.4 Å². The van der Waals surface area contributed by atoms with Crippen molar-refractivity contribution in [3.8, 4) is 0 Å². The van der Waals surface area contributed by atoms with Gasteiger partial charge in [0, 0.05) is 16.0 Å². The van der Waals surface area contributed by atoms with Crippen LogP contribution in [-0.2, 0) is 14.3 Å². The standard InChI is InChI=1S/C29H35Cl2NO3/c1-7-16-29(6)18-23(20-10-9-11-22(31)17-20)25(19-12-14-21(30)15-13-19)32(27(29)34)24(8-2)26(33)35-28(3,4)5/h7,9-15,17,23-25H,1,8,16,18H2,2-6H3/t23-,24?,25-,29+/m1/s1. The topological polar surface area (TPSA) is 46.6 Å². The highest BCUT2D eigenvalue weighted by Gasteiger charge is 2.52. The summed E-state index contributed by atoms with van der Waals surface area (Å²) in [7, 11) is 0. The number of ether oxygens (including phenoxy) is 1. The van der Waals surface area contributed by atoms with Gasteiger partial charge in [-0.15, -0.1) is 6.58 Å². The summed E-state index contributed by atoms with van der Waals surface area (Å²) in [5, 5.41) is 1.24. The molecule has 1 unspecified atom stereocenters. The van der Waals surface area contributed by atoms with Gasteiger partial charge in [0.15, 0.2) is 0 Å². The van der Waals surface area contributed by atoms with Crippen molar-refractivity contribution >= 4 is 35.1 Å². The Morgan fingerprint density at radius 2 is 1.83 bits per heavy atom. The molecular weight excluding hydrogens is 481 g/mol. The van der Waals surface area contributed by atoms with E-state index in [9.17, 15) is 9.59 Å². The number of amides is 1. The predicted molar refractivity (Wildman–Crippen MR) is 143 cm³/mol. The number of benzene rings is 2. The van der Waals surface area contributed by atoms with Crippen molar-refractivity contribution in [3.63, 3.8) is 0 Å². The molecule has 1 saturated heterocycles. The summed E-state index contributed by atoms with van der Waals surface area (Å²) in [5.41, 5.74) is 0.530. The number of piperidine rings is 1. The van der Waals surface area contributed by atoms with Crippen molar-refractivity contribution in [2.45, 2.75) is 77.5 Å². The maximum atomic E-state index is 14.2. The van der Waals surface area contributed by atoms with Gasteiger partial charge < -0.3 is 9.64 Å². The summed E-state index contributed by atoms with van der Waals surface area (Å²) in [4.78, 5) is 29.4. The highest BCUT2D eigenvalue weighted by Crippen LogP contribution is 2.52. The maximum Gasteiger partial charge on any atom is 0.329 e. The second-order valence-corrected chi connectivity index (χ2v) is 11.5. The fourth-order valence-corrected chi connectivity index (χ4v) is 5.40. The van der Waals surface area contributed by atoms with Gasteiger partial charge in [-0.25, -0.2) is 4.79 Å². The molecule has 35 heavy (non-hydrogen) atoms. The average Bonchev–Trinajstić information content (AvgIpc) is 2.77. The van der Waals surface area contributed by atoms with Gasteiger partial charge in [-0.1, -0.05) is 67.4 Å². The van der Waals surface area contributed by atoms with E-state index in [1.54, 1.807) is 11.0 Å². The lowest BCUT2D eigenvalue weighted by molar-refractivity contribution is -0.173. The lowest BCUT2D eigenvalue weighted by Crippen LogP contribution is -2.58. The third-order valence-electron chi connectivity index (χ3n) is 6.59.